The molecular formula is C13H10ClNO. The lowest BCUT2D eigenvalue weighted by molar-refractivity contribution is 0.225. The van der Waals surface area contributed by atoms with Crippen molar-refractivity contribution in [3.05, 3.63) is 52.5 Å². The SMILES string of the molecule is Nc1ccc2c(c1)[C@@H](O)c1ccc(Cl)cc1-2. The summed E-state index contributed by atoms with van der Waals surface area (Å²) >= 11 is 5.96. The maximum atomic E-state index is 10.2. The van der Waals surface area contributed by atoms with Crippen molar-refractivity contribution in [1.82, 2.24) is 0 Å². The minimum Gasteiger partial charge on any atom is -0.399 e. The first-order valence-electron chi connectivity index (χ1n) is 5.04. The fraction of sp³-hybridized carbons (Fsp3) is 0.0769. The van der Waals surface area contributed by atoms with Gasteiger partial charge in [-0.3, -0.25) is 0 Å². The molecule has 0 saturated heterocycles. The Morgan fingerprint density at radius 1 is 1.00 bits per heavy atom. The van der Waals surface area contributed by atoms with Gasteiger partial charge in [0, 0.05) is 10.7 Å². The third-order valence-corrected chi connectivity index (χ3v) is 3.21. The largest absolute Gasteiger partial charge is 0.399 e. The summed E-state index contributed by atoms with van der Waals surface area (Å²) in [6.45, 7) is 0. The fourth-order valence-corrected chi connectivity index (χ4v) is 2.39. The van der Waals surface area contributed by atoms with Crippen LogP contribution in [0, 0.1) is 0 Å². The van der Waals surface area contributed by atoms with Crippen molar-refractivity contribution in [2.75, 3.05) is 5.73 Å². The van der Waals surface area contributed by atoms with Crippen molar-refractivity contribution in [2.24, 2.45) is 0 Å². The minimum absolute atomic E-state index is 0.592. The first kappa shape index (κ1) is 9.70. The molecule has 0 unspecified atom stereocenters. The minimum atomic E-state index is -0.592. The quantitative estimate of drug-likeness (QED) is 0.685. The zero-order chi connectivity index (χ0) is 11.3. The molecule has 2 aromatic carbocycles. The molecule has 0 saturated carbocycles. The molecule has 0 amide bonds. The predicted octanol–water partition coefficient (Wildman–Crippen LogP) is 2.98. The molecule has 2 aromatic rings. The van der Waals surface area contributed by atoms with E-state index in [1.165, 1.54) is 0 Å². The number of aliphatic hydroxyl groups excluding tert-OH is 1. The van der Waals surface area contributed by atoms with E-state index in [-0.39, 0.29) is 0 Å². The van der Waals surface area contributed by atoms with E-state index < -0.39 is 6.10 Å². The van der Waals surface area contributed by atoms with Gasteiger partial charge in [-0.25, -0.2) is 0 Å². The van der Waals surface area contributed by atoms with E-state index in [1.807, 2.05) is 30.3 Å². The summed E-state index contributed by atoms with van der Waals surface area (Å²) in [6.07, 6.45) is -0.592. The van der Waals surface area contributed by atoms with Gasteiger partial charge in [0.25, 0.3) is 0 Å². The van der Waals surface area contributed by atoms with Crippen LogP contribution in [0.5, 0.6) is 0 Å². The molecule has 0 spiro atoms. The first-order chi connectivity index (χ1) is 7.66. The van der Waals surface area contributed by atoms with E-state index in [0.717, 1.165) is 22.3 Å². The first-order valence-corrected chi connectivity index (χ1v) is 5.42. The Kier molecular flexibility index (Phi) is 1.96. The van der Waals surface area contributed by atoms with Crippen LogP contribution in [-0.4, -0.2) is 5.11 Å². The average molecular weight is 232 g/mol. The lowest BCUT2D eigenvalue weighted by Gasteiger charge is -2.05. The monoisotopic (exact) mass is 231 g/mol. The lowest BCUT2D eigenvalue weighted by atomic mass is 10.1. The maximum Gasteiger partial charge on any atom is 0.105 e. The molecule has 1 aliphatic rings. The van der Waals surface area contributed by atoms with Gasteiger partial charge in [-0.15, -0.1) is 0 Å². The number of benzene rings is 2. The third-order valence-electron chi connectivity index (χ3n) is 2.97. The number of hydrogen-bond acceptors (Lipinski definition) is 2. The van der Waals surface area contributed by atoms with E-state index >= 15 is 0 Å². The normalized spacial score (nSPS) is 17.0. The Labute approximate surface area is 98.3 Å². The zero-order valence-corrected chi connectivity index (χ0v) is 9.20. The molecule has 3 N–H and O–H groups in total. The van der Waals surface area contributed by atoms with Gasteiger partial charge in [-0.1, -0.05) is 23.7 Å². The highest BCUT2D eigenvalue weighted by atomic mass is 35.5. The van der Waals surface area contributed by atoms with Crippen molar-refractivity contribution in [1.29, 1.82) is 0 Å². The van der Waals surface area contributed by atoms with E-state index in [9.17, 15) is 5.11 Å². The van der Waals surface area contributed by atoms with Gasteiger partial charge >= 0.3 is 0 Å². The van der Waals surface area contributed by atoms with Gasteiger partial charge < -0.3 is 10.8 Å². The number of rotatable bonds is 0. The molecule has 0 radical (unpaired) electrons. The van der Waals surface area contributed by atoms with Crippen LogP contribution < -0.4 is 5.73 Å². The van der Waals surface area contributed by atoms with Crippen LogP contribution in [0.4, 0.5) is 5.69 Å². The van der Waals surface area contributed by atoms with Crippen molar-refractivity contribution >= 4 is 17.3 Å². The Hall–Kier alpha value is -1.51. The van der Waals surface area contributed by atoms with Crippen LogP contribution >= 0.6 is 11.6 Å². The van der Waals surface area contributed by atoms with Gasteiger partial charge in [-0.2, -0.15) is 0 Å². The summed E-state index contributed by atoms with van der Waals surface area (Å²) in [5.74, 6) is 0. The maximum absolute atomic E-state index is 10.2. The van der Waals surface area contributed by atoms with Crippen LogP contribution in [0.25, 0.3) is 11.1 Å². The molecule has 80 valence electrons. The lowest BCUT2D eigenvalue weighted by Crippen LogP contribution is -1.94. The highest BCUT2D eigenvalue weighted by Crippen LogP contribution is 2.44. The smallest absolute Gasteiger partial charge is 0.105 e. The highest BCUT2D eigenvalue weighted by Gasteiger charge is 2.26. The molecule has 1 aliphatic carbocycles. The van der Waals surface area contributed by atoms with E-state index in [1.54, 1.807) is 6.07 Å². The van der Waals surface area contributed by atoms with Crippen molar-refractivity contribution < 1.29 is 5.11 Å². The molecule has 0 aromatic heterocycles. The molecule has 2 nitrogen and oxygen atoms in total. The number of hydrogen-bond donors (Lipinski definition) is 2. The number of nitrogen functional groups attached to an aromatic ring is 1. The molecule has 16 heavy (non-hydrogen) atoms. The Bertz CT molecular complexity index is 580. The van der Waals surface area contributed by atoms with Crippen LogP contribution in [0.1, 0.15) is 17.2 Å². The Morgan fingerprint density at radius 2 is 1.81 bits per heavy atom. The number of anilines is 1. The summed E-state index contributed by atoms with van der Waals surface area (Å²) in [5.41, 5.74) is 10.1. The van der Waals surface area contributed by atoms with Crippen LogP contribution in [-0.2, 0) is 0 Å². The van der Waals surface area contributed by atoms with Crippen molar-refractivity contribution in [2.45, 2.75) is 6.10 Å². The van der Waals surface area contributed by atoms with Gasteiger partial charge in [0.2, 0.25) is 0 Å². The Morgan fingerprint density at radius 3 is 2.62 bits per heavy atom. The standard InChI is InChI=1S/C13H10ClNO/c14-7-1-3-10-11(5-7)9-4-2-8(15)6-12(9)13(10)16/h1-6,13,16H,15H2/t13-/m0/s1. The molecule has 3 heteroatoms. The van der Waals surface area contributed by atoms with E-state index in [2.05, 4.69) is 0 Å². The third kappa shape index (κ3) is 1.24. The molecule has 0 heterocycles. The number of halogens is 1. The second kappa shape index (κ2) is 3.24. The van der Waals surface area contributed by atoms with Gasteiger partial charge in [0.05, 0.1) is 0 Å². The number of fused-ring (bicyclic) bond motifs is 3. The van der Waals surface area contributed by atoms with Crippen LogP contribution in [0.2, 0.25) is 5.02 Å². The molecule has 3 rings (SSSR count). The zero-order valence-electron chi connectivity index (χ0n) is 8.44. The molecular weight excluding hydrogens is 222 g/mol. The summed E-state index contributed by atoms with van der Waals surface area (Å²) in [5, 5.41) is 10.8. The second-order valence-corrected chi connectivity index (χ2v) is 4.42. The van der Waals surface area contributed by atoms with E-state index in [0.29, 0.717) is 10.7 Å². The van der Waals surface area contributed by atoms with Crippen LogP contribution in [0.15, 0.2) is 36.4 Å². The summed E-state index contributed by atoms with van der Waals surface area (Å²) in [4.78, 5) is 0. The fourth-order valence-electron chi connectivity index (χ4n) is 2.22. The summed E-state index contributed by atoms with van der Waals surface area (Å²) in [6, 6.07) is 11.1. The Balaban J connectivity index is 2.31. The van der Waals surface area contributed by atoms with Gasteiger partial charge in [0.1, 0.15) is 6.10 Å². The second-order valence-electron chi connectivity index (χ2n) is 3.98. The summed E-state index contributed by atoms with van der Waals surface area (Å²) in [7, 11) is 0. The topological polar surface area (TPSA) is 46.2 Å². The van der Waals surface area contributed by atoms with Crippen LogP contribution in [0.3, 0.4) is 0 Å². The highest BCUT2D eigenvalue weighted by molar-refractivity contribution is 6.31. The summed E-state index contributed by atoms with van der Waals surface area (Å²) < 4.78 is 0. The molecule has 1 atom stereocenters. The van der Waals surface area contributed by atoms with E-state index in [4.69, 9.17) is 17.3 Å². The van der Waals surface area contributed by atoms with Gasteiger partial charge in [-0.05, 0) is 46.5 Å². The van der Waals surface area contributed by atoms with Crippen molar-refractivity contribution in [3.63, 3.8) is 0 Å². The number of aliphatic hydroxyl groups is 1. The molecule has 0 aliphatic heterocycles. The van der Waals surface area contributed by atoms with Gasteiger partial charge in [0.15, 0.2) is 0 Å². The van der Waals surface area contributed by atoms with Crippen molar-refractivity contribution in [3.8, 4) is 11.1 Å². The number of nitrogens with two attached hydrogens (primary N) is 1. The predicted molar refractivity (Wildman–Crippen MR) is 65.4 cm³/mol. The molecule has 0 fully saturated rings. The average Bonchev–Trinajstić information content (AvgIpc) is 2.52. The molecule has 0 bridgehead atoms.